The molecule has 144 valence electrons. The number of halogens is 1. The average molecular weight is 431 g/mol. The lowest BCUT2D eigenvalue weighted by atomic mass is 10.1. The Hall–Kier alpha value is -2.15. The summed E-state index contributed by atoms with van der Waals surface area (Å²) in [5, 5.41) is 3.50. The summed E-state index contributed by atoms with van der Waals surface area (Å²) < 4.78 is 0.462. The smallest absolute Gasteiger partial charge is 0.266 e. The maximum absolute atomic E-state index is 12.6. The van der Waals surface area contributed by atoms with Gasteiger partial charge in [0.05, 0.1) is 4.91 Å². The number of nitrogens with zero attached hydrogens (tertiary/aromatic N) is 1. The molecule has 0 atom stereocenters. The number of carbonyl (C=O) groups is 2. The summed E-state index contributed by atoms with van der Waals surface area (Å²) in [5.41, 5.74) is 3.91. The Morgan fingerprint density at radius 1 is 1.18 bits per heavy atom. The molecule has 1 aliphatic rings. The van der Waals surface area contributed by atoms with E-state index in [0.29, 0.717) is 14.2 Å². The maximum atomic E-state index is 12.6. The first-order chi connectivity index (χ1) is 13.3. The van der Waals surface area contributed by atoms with Gasteiger partial charge in [-0.05, 0) is 60.9 Å². The van der Waals surface area contributed by atoms with Gasteiger partial charge in [-0.3, -0.25) is 14.5 Å². The molecule has 1 N–H and O–H groups in total. The zero-order chi connectivity index (χ0) is 20.3. The molecule has 0 bridgehead atoms. The molecule has 3 rings (SSSR count). The van der Waals surface area contributed by atoms with E-state index >= 15 is 0 Å². The molecule has 28 heavy (non-hydrogen) atoms. The molecule has 1 saturated heterocycles. The standard InChI is InChI=1S/C21H19ClN2O2S2/c1-13-3-8-17(11-14(13)2)23-19(25)9-10-24-20(26)18(28-21(24)27)12-15-4-6-16(22)7-5-15/h3-8,11-12H,9-10H2,1-2H3,(H,23,25). The van der Waals surface area contributed by atoms with Crippen LogP contribution < -0.4 is 5.32 Å². The highest BCUT2D eigenvalue weighted by Crippen LogP contribution is 2.32. The summed E-state index contributed by atoms with van der Waals surface area (Å²) in [6, 6.07) is 13.0. The molecule has 0 aromatic heterocycles. The minimum Gasteiger partial charge on any atom is -0.326 e. The van der Waals surface area contributed by atoms with E-state index < -0.39 is 0 Å². The lowest BCUT2D eigenvalue weighted by Gasteiger charge is -2.14. The van der Waals surface area contributed by atoms with E-state index in [-0.39, 0.29) is 24.8 Å². The number of hydrogen-bond donors (Lipinski definition) is 1. The Morgan fingerprint density at radius 2 is 1.89 bits per heavy atom. The minimum atomic E-state index is -0.177. The first-order valence-electron chi connectivity index (χ1n) is 8.71. The quantitative estimate of drug-likeness (QED) is 0.524. The predicted octanol–water partition coefficient (Wildman–Crippen LogP) is 5.19. The van der Waals surface area contributed by atoms with Crippen LogP contribution >= 0.6 is 35.6 Å². The Bertz CT molecular complexity index is 971. The maximum Gasteiger partial charge on any atom is 0.266 e. The topological polar surface area (TPSA) is 49.4 Å². The van der Waals surface area contributed by atoms with Gasteiger partial charge in [-0.15, -0.1) is 0 Å². The van der Waals surface area contributed by atoms with Crippen LogP contribution in [0.2, 0.25) is 5.02 Å². The molecule has 0 aliphatic carbocycles. The number of nitrogens with one attached hydrogen (secondary N) is 1. The number of carbonyl (C=O) groups excluding carboxylic acids is 2. The van der Waals surface area contributed by atoms with E-state index in [9.17, 15) is 9.59 Å². The van der Waals surface area contributed by atoms with Crippen molar-refractivity contribution >= 4 is 63.5 Å². The summed E-state index contributed by atoms with van der Waals surface area (Å²) in [7, 11) is 0. The van der Waals surface area contributed by atoms with E-state index in [0.717, 1.165) is 16.8 Å². The first kappa shape index (κ1) is 20.6. The van der Waals surface area contributed by atoms with Crippen molar-refractivity contribution in [2.24, 2.45) is 0 Å². The van der Waals surface area contributed by atoms with Crippen molar-refractivity contribution in [1.82, 2.24) is 4.90 Å². The lowest BCUT2D eigenvalue weighted by molar-refractivity contribution is -0.122. The van der Waals surface area contributed by atoms with E-state index in [4.69, 9.17) is 23.8 Å². The van der Waals surface area contributed by atoms with Crippen LogP contribution in [0, 0.1) is 13.8 Å². The molecule has 0 unspecified atom stereocenters. The van der Waals surface area contributed by atoms with Crippen molar-refractivity contribution in [2.45, 2.75) is 20.3 Å². The van der Waals surface area contributed by atoms with Crippen LogP contribution in [0.3, 0.4) is 0 Å². The van der Waals surface area contributed by atoms with Gasteiger partial charge in [-0.1, -0.05) is 53.8 Å². The minimum absolute atomic E-state index is 0.154. The molecule has 0 saturated carbocycles. The highest BCUT2D eigenvalue weighted by Gasteiger charge is 2.32. The third-order valence-corrected chi connectivity index (χ3v) is 6.02. The Labute approximate surface area is 178 Å². The third-order valence-electron chi connectivity index (χ3n) is 4.39. The summed E-state index contributed by atoms with van der Waals surface area (Å²) in [6.45, 7) is 4.27. The first-order valence-corrected chi connectivity index (χ1v) is 10.3. The fraction of sp³-hybridized carbons (Fsp3) is 0.190. The Balaban J connectivity index is 1.60. The summed E-state index contributed by atoms with van der Waals surface area (Å²) >= 11 is 12.5. The van der Waals surface area contributed by atoms with Gasteiger partial charge in [-0.2, -0.15) is 0 Å². The highest BCUT2D eigenvalue weighted by molar-refractivity contribution is 8.26. The van der Waals surface area contributed by atoms with Crippen molar-refractivity contribution in [3.63, 3.8) is 0 Å². The molecule has 7 heteroatoms. The van der Waals surface area contributed by atoms with Crippen molar-refractivity contribution in [2.75, 3.05) is 11.9 Å². The van der Waals surface area contributed by atoms with Crippen LogP contribution in [0.4, 0.5) is 5.69 Å². The second-order valence-electron chi connectivity index (χ2n) is 6.48. The van der Waals surface area contributed by atoms with Crippen molar-refractivity contribution in [3.05, 3.63) is 69.1 Å². The van der Waals surface area contributed by atoms with Crippen LogP contribution in [0.5, 0.6) is 0 Å². The van der Waals surface area contributed by atoms with Gasteiger partial charge in [0.15, 0.2) is 0 Å². The fourth-order valence-corrected chi connectivity index (χ4v) is 4.09. The summed E-state index contributed by atoms with van der Waals surface area (Å²) in [4.78, 5) is 26.9. The second kappa shape index (κ2) is 8.90. The second-order valence-corrected chi connectivity index (χ2v) is 8.59. The van der Waals surface area contributed by atoms with Crippen LogP contribution in [-0.4, -0.2) is 27.6 Å². The summed E-state index contributed by atoms with van der Waals surface area (Å²) in [5.74, 6) is -0.331. The molecule has 4 nitrogen and oxygen atoms in total. The monoisotopic (exact) mass is 430 g/mol. The molecule has 1 fully saturated rings. The van der Waals surface area contributed by atoms with Crippen molar-refractivity contribution in [1.29, 1.82) is 0 Å². The van der Waals surface area contributed by atoms with E-state index in [1.165, 1.54) is 22.2 Å². The number of benzene rings is 2. The molecule has 2 amide bonds. The molecule has 1 heterocycles. The lowest BCUT2D eigenvalue weighted by Crippen LogP contribution is -2.31. The van der Waals surface area contributed by atoms with Gasteiger partial charge in [-0.25, -0.2) is 0 Å². The third kappa shape index (κ3) is 5.01. The average Bonchev–Trinajstić information content (AvgIpc) is 2.91. The fourth-order valence-electron chi connectivity index (χ4n) is 2.66. The number of hydrogen-bond acceptors (Lipinski definition) is 4. The number of thioether (sulfide) groups is 1. The predicted molar refractivity (Wildman–Crippen MR) is 120 cm³/mol. The molecule has 0 radical (unpaired) electrons. The summed E-state index contributed by atoms with van der Waals surface area (Å²) in [6.07, 6.45) is 1.96. The zero-order valence-electron chi connectivity index (χ0n) is 15.5. The highest BCUT2D eigenvalue weighted by atomic mass is 35.5. The molecule has 0 spiro atoms. The molecule has 2 aromatic carbocycles. The Morgan fingerprint density at radius 3 is 2.57 bits per heavy atom. The van der Waals surface area contributed by atoms with Crippen LogP contribution in [0.25, 0.3) is 6.08 Å². The van der Waals surface area contributed by atoms with E-state index in [1.807, 2.05) is 44.2 Å². The van der Waals surface area contributed by atoms with E-state index in [1.54, 1.807) is 18.2 Å². The van der Waals surface area contributed by atoms with Gasteiger partial charge in [0.25, 0.3) is 5.91 Å². The molecule has 1 aliphatic heterocycles. The number of anilines is 1. The number of rotatable bonds is 5. The zero-order valence-corrected chi connectivity index (χ0v) is 17.9. The van der Waals surface area contributed by atoms with Gasteiger partial charge in [0.2, 0.25) is 5.91 Å². The molecular formula is C21H19ClN2O2S2. The number of amides is 2. The van der Waals surface area contributed by atoms with Crippen molar-refractivity contribution in [3.8, 4) is 0 Å². The van der Waals surface area contributed by atoms with E-state index in [2.05, 4.69) is 5.32 Å². The molecular weight excluding hydrogens is 412 g/mol. The van der Waals surface area contributed by atoms with Gasteiger partial charge < -0.3 is 5.32 Å². The van der Waals surface area contributed by atoms with Crippen LogP contribution in [0.15, 0.2) is 47.4 Å². The van der Waals surface area contributed by atoms with Crippen LogP contribution in [-0.2, 0) is 9.59 Å². The number of aryl methyl sites for hydroxylation is 2. The Kier molecular flexibility index (Phi) is 6.54. The SMILES string of the molecule is Cc1ccc(NC(=O)CCN2C(=O)C(=Cc3ccc(Cl)cc3)SC2=S)cc1C. The van der Waals surface area contributed by atoms with Gasteiger partial charge in [0, 0.05) is 23.7 Å². The normalized spacial score (nSPS) is 15.4. The van der Waals surface area contributed by atoms with Crippen LogP contribution in [0.1, 0.15) is 23.1 Å². The van der Waals surface area contributed by atoms with Gasteiger partial charge in [0.1, 0.15) is 4.32 Å². The molecule has 2 aromatic rings. The van der Waals surface area contributed by atoms with Gasteiger partial charge >= 0.3 is 0 Å². The van der Waals surface area contributed by atoms with Crippen molar-refractivity contribution < 1.29 is 9.59 Å². The largest absolute Gasteiger partial charge is 0.326 e. The number of thiocarbonyl (C=S) groups is 1.